The van der Waals surface area contributed by atoms with Crippen LogP contribution in [0, 0.1) is 0 Å². The van der Waals surface area contributed by atoms with Crippen molar-refractivity contribution >= 4 is 26.8 Å². The predicted octanol–water partition coefficient (Wildman–Crippen LogP) is 2.90. The normalized spacial score (nSPS) is 11.0. The van der Waals surface area contributed by atoms with Gasteiger partial charge in [-0.3, -0.25) is 4.68 Å². The summed E-state index contributed by atoms with van der Waals surface area (Å²) < 4.78 is 3.04. The zero-order valence-corrected chi connectivity index (χ0v) is 9.30. The highest BCUT2D eigenvalue weighted by atomic mass is 79.9. The monoisotopic (exact) mass is 238 g/mol. The molecule has 1 heterocycles. The Balaban J connectivity index is 2.81. The molecule has 68 valence electrons. The topological polar surface area (TPSA) is 17.8 Å². The molecule has 1 aromatic carbocycles. The van der Waals surface area contributed by atoms with Gasteiger partial charge in [0.15, 0.2) is 0 Å². The first kappa shape index (κ1) is 8.75. The Hall–Kier alpha value is -0.830. The summed E-state index contributed by atoms with van der Waals surface area (Å²) in [6, 6.07) is 6.26. The molecule has 0 radical (unpaired) electrons. The average molecular weight is 239 g/mol. The van der Waals surface area contributed by atoms with Gasteiger partial charge in [-0.15, -0.1) is 0 Å². The van der Waals surface area contributed by atoms with E-state index >= 15 is 0 Å². The summed E-state index contributed by atoms with van der Waals surface area (Å²) in [5.74, 6) is 0. The second-order valence-electron chi connectivity index (χ2n) is 3.09. The largest absolute Gasteiger partial charge is 0.268 e. The van der Waals surface area contributed by atoms with E-state index in [0.717, 1.165) is 10.9 Å². The lowest BCUT2D eigenvalue weighted by Gasteiger charge is -1.93. The van der Waals surface area contributed by atoms with Gasteiger partial charge in [0.1, 0.15) is 0 Å². The maximum absolute atomic E-state index is 4.45. The van der Waals surface area contributed by atoms with Crippen LogP contribution in [0.2, 0.25) is 0 Å². The minimum atomic E-state index is 0.980. The van der Waals surface area contributed by atoms with Crippen molar-refractivity contribution in [3.05, 3.63) is 28.4 Å². The SMILES string of the molecule is CCc1nn(C)c2ccc(Br)cc12. The van der Waals surface area contributed by atoms with Crippen LogP contribution >= 0.6 is 15.9 Å². The number of rotatable bonds is 1. The minimum absolute atomic E-state index is 0.980. The fourth-order valence-electron chi connectivity index (χ4n) is 1.57. The molecule has 2 rings (SSSR count). The molecule has 0 unspecified atom stereocenters. The molecular formula is C10H11BrN2. The molecule has 0 N–H and O–H groups in total. The molecule has 0 bridgehead atoms. The first-order chi connectivity index (χ1) is 6.22. The first-order valence-electron chi connectivity index (χ1n) is 4.33. The van der Waals surface area contributed by atoms with Crippen LogP contribution in [0.1, 0.15) is 12.6 Å². The Bertz CT molecular complexity index is 445. The van der Waals surface area contributed by atoms with Crippen molar-refractivity contribution in [1.29, 1.82) is 0 Å². The Morgan fingerprint density at radius 3 is 2.92 bits per heavy atom. The number of hydrogen-bond donors (Lipinski definition) is 0. The average Bonchev–Trinajstić information content (AvgIpc) is 2.42. The molecule has 0 fully saturated rings. The van der Waals surface area contributed by atoms with Crippen LogP contribution in [0.3, 0.4) is 0 Å². The molecule has 0 aliphatic carbocycles. The third kappa shape index (κ3) is 1.37. The molecule has 2 nitrogen and oxygen atoms in total. The van der Waals surface area contributed by atoms with E-state index in [0.29, 0.717) is 0 Å². The van der Waals surface area contributed by atoms with Crippen LogP contribution in [-0.4, -0.2) is 9.78 Å². The zero-order chi connectivity index (χ0) is 9.42. The van der Waals surface area contributed by atoms with Crippen molar-refractivity contribution in [3.63, 3.8) is 0 Å². The Morgan fingerprint density at radius 1 is 1.46 bits per heavy atom. The van der Waals surface area contributed by atoms with Gasteiger partial charge in [0.25, 0.3) is 0 Å². The molecule has 2 aromatic rings. The minimum Gasteiger partial charge on any atom is -0.268 e. The third-order valence-electron chi connectivity index (χ3n) is 2.22. The summed E-state index contributed by atoms with van der Waals surface area (Å²) in [5.41, 5.74) is 2.36. The van der Waals surface area contributed by atoms with E-state index in [4.69, 9.17) is 0 Å². The van der Waals surface area contributed by atoms with E-state index < -0.39 is 0 Å². The molecule has 0 aliphatic rings. The number of aromatic nitrogens is 2. The molecule has 3 heteroatoms. The summed E-state index contributed by atoms with van der Waals surface area (Å²) in [5, 5.41) is 5.69. The number of hydrogen-bond acceptors (Lipinski definition) is 1. The highest BCUT2D eigenvalue weighted by Crippen LogP contribution is 2.22. The molecule has 0 saturated heterocycles. The Morgan fingerprint density at radius 2 is 2.23 bits per heavy atom. The van der Waals surface area contributed by atoms with Gasteiger partial charge in [0.05, 0.1) is 11.2 Å². The summed E-state index contributed by atoms with van der Waals surface area (Å²) in [4.78, 5) is 0. The highest BCUT2D eigenvalue weighted by molar-refractivity contribution is 9.10. The summed E-state index contributed by atoms with van der Waals surface area (Å²) >= 11 is 3.47. The van der Waals surface area contributed by atoms with E-state index in [9.17, 15) is 0 Å². The van der Waals surface area contributed by atoms with Crippen molar-refractivity contribution in [2.24, 2.45) is 7.05 Å². The van der Waals surface area contributed by atoms with E-state index in [1.807, 2.05) is 17.8 Å². The number of fused-ring (bicyclic) bond motifs is 1. The smallest absolute Gasteiger partial charge is 0.0700 e. The van der Waals surface area contributed by atoms with E-state index in [1.54, 1.807) is 0 Å². The van der Waals surface area contributed by atoms with Gasteiger partial charge in [0.2, 0.25) is 0 Å². The van der Waals surface area contributed by atoms with Gasteiger partial charge in [-0.05, 0) is 24.6 Å². The summed E-state index contributed by atoms with van der Waals surface area (Å²) in [7, 11) is 1.98. The van der Waals surface area contributed by atoms with Gasteiger partial charge in [-0.1, -0.05) is 22.9 Å². The Labute approximate surface area is 85.7 Å². The van der Waals surface area contributed by atoms with Gasteiger partial charge >= 0.3 is 0 Å². The number of halogens is 1. The number of aryl methyl sites for hydroxylation is 2. The van der Waals surface area contributed by atoms with Gasteiger partial charge in [-0.2, -0.15) is 5.10 Å². The van der Waals surface area contributed by atoms with Gasteiger partial charge in [0, 0.05) is 16.9 Å². The predicted molar refractivity (Wildman–Crippen MR) is 57.8 cm³/mol. The fourth-order valence-corrected chi connectivity index (χ4v) is 1.93. The quantitative estimate of drug-likeness (QED) is 0.748. The number of benzene rings is 1. The van der Waals surface area contributed by atoms with Crippen molar-refractivity contribution in [1.82, 2.24) is 9.78 Å². The zero-order valence-electron chi connectivity index (χ0n) is 7.71. The maximum atomic E-state index is 4.45. The van der Waals surface area contributed by atoms with E-state index in [-0.39, 0.29) is 0 Å². The molecule has 0 aliphatic heterocycles. The second kappa shape index (κ2) is 3.14. The van der Waals surface area contributed by atoms with Crippen LogP contribution < -0.4 is 0 Å². The van der Waals surface area contributed by atoms with Crippen LogP contribution in [0.4, 0.5) is 0 Å². The third-order valence-corrected chi connectivity index (χ3v) is 2.72. The van der Waals surface area contributed by atoms with Crippen LogP contribution in [0.15, 0.2) is 22.7 Å². The molecule has 0 amide bonds. The molecular weight excluding hydrogens is 228 g/mol. The van der Waals surface area contributed by atoms with Crippen LogP contribution in [0.5, 0.6) is 0 Å². The standard InChI is InChI=1S/C10H11BrN2/c1-3-9-8-6-7(11)4-5-10(8)13(2)12-9/h4-6H,3H2,1-2H3. The van der Waals surface area contributed by atoms with Crippen molar-refractivity contribution < 1.29 is 0 Å². The Kier molecular flexibility index (Phi) is 2.12. The lowest BCUT2D eigenvalue weighted by atomic mass is 10.2. The molecule has 0 atom stereocenters. The molecule has 0 spiro atoms. The lowest BCUT2D eigenvalue weighted by molar-refractivity contribution is 0.770. The van der Waals surface area contributed by atoms with Gasteiger partial charge in [-0.25, -0.2) is 0 Å². The lowest BCUT2D eigenvalue weighted by Crippen LogP contribution is -1.90. The number of nitrogens with zero attached hydrogens (tertiary/aromatic N) is 2. The van der Waals surface area contributed by atoms with Crippen molar-refractivity contribution in [2.45, 2.75) is 13.3 Å². The molecule has 13 heavy (non-hydrogen) atoms. The second-order valence-corrected chi connectivity index (χ2v) is 4.00. The van der Waals surface area contributed by atoms with Crippen molar-refractivity contribution in [3.8, 4) is 0 Å². The molecule has 1 aromatic heterocycles. The summed E-state index contributed by atoms with van der Waals surface area (Å²) in [6.45, 7) is 2.13. The highest BCUT2D eigenvalue weighted by Gasteiger charge is 2.06. The van der Waals surface area contributed by atoms with Crippen LogP contribution in [-0.2, 0) is 13.5 Å². The van der Waals surface area contributed by atoms with Gasteiger partial charge < -0.3 is 0 Å². The van der Waals surface area contributed by atoms with E-state index in [1.165, 1.54) is 16.6 Å². The molecule has 0 saturated carbocycles. The first-order valence-corrected chi connectivity index (χ1v) is 5.13. The summed E-state index contributed by atoms with van der Waals surface area (Å²) in [6.07, 6.45) is 0.980. The van der Waals surface area contributed by atoms with Crippen LogP contribution in [0.25, 0.3) is 10.9 Å². The maximum Gasteiger partial charge on any atom is 0.0700 e. The van der Waals surface area contributed by atoms with E-state index in [2.05, 4.69) is 40.1 Å². The fraction of sp³-hybridized carbons (Fsp3) is 0.300. The van der Waals surface area contributed by atoms with Crippen molar-refractivity contribution in [2.75, 3.05) is 0 Å².